The van der Waals surface area contributed by atoms with Crippen LogP contribution in [0.1, 0.15) is 24.5 Å². The highest BCUT2D eigenvalue weighted by Gasteiger charge is 2.32. The highest BCUT2D eigenvalue weighted by molar-refractivity contribution is 5.09. The maximum absolute atomic E-state index is 12.2. The predicted molar refractivity (Wildman–Crippen MR) is 51.3 cm³/mol. The molecule has 84 valence electrons. The lowest BCUT2D eigenvalue weighted by molar-refractivity contribution is -0.139. The van der Waals surface area contributed by atoms with E-state index in [4.69, 9.17) is 5.73 Å². The molecule has 1 aromatic heterocycles. The number of nitrogens with zero attached hydrogens (tertiary/aromatic N) is 1. The average Bonchev–Trinajstić information content (AvgIpc) is 2.17. The summed E-state index contributed by atoms with van der Waals surface area (Å²) in [4.78, 5) is 3.93. The van der Waals surface area contributed by atoms with Crippen molar-refractivity contribution < 1.29 is 13.2 Å². The van der Waals surface area contributed by atoms with Gasteiger partial charge in [0.15, 0.2) is 0 Å². The quantitative estimate of drug-likeness (QED) is 0.843. The van der Waals surface area contributed by atoms with Crippen LogP contribution in [0.5, 0.6) is 0 Å². The molecule has 0 aliphatic rings. The van der Waals surface area contributed by atoms with Crippen LogP contribution in [-0.4, -0.2) is 17.7 Å². The first-order valence-corrected chi connectivity index (χ1v) is 4.70. The van der Waals surface area contributed by atoms with Gasteiger partial charge in [0.05, 0.1) is 6.42 Å². The molecule has 1 aromatic rings. The van der Waals surface area contributed by atoms with E-state index in [1.54, 1.807) is 18.2 Å². The van der Waals surface area contributed by atoms with E-state index in [0.29, 0.717) is 12.1 Å². The van der Waals surface area contributed by atoms with Gasteiger partial charge in [0.2, 0.25) is 0 Å². The molecule has 1 atom stereocenters. The van der Waals surface area contributed by atoms with E-state index in [2.05, 4.69) is 4.98 Å². The highest BCUT2D eigenvalue weighted by Crippen LogP contribution is 2.31. The second-order valence-corrected chi connectivity index (χ2v) is 3.35. The van der Waals surface area contributed by atoms with Gasteiger partial charge in [-0.25, -0.2) is 0 Å². The van der Waals surface area contributed by atoms with Crippen molar-refractivity contribution in [1.82, 2.24) is 4.98 Å². The minimum absolute atomic E-state index is 0.233. The lowest BCUT2D eigenvalue weighted by Crippen LogP contribution is -2.17. The zero-order chi connectivity index (χ0) is 11.3. The maximum atomic E-state index is 12.2. The van der Waals surface area contributed by atoms with Gasteiger partial charge in [-0.1, -0.05) is 6.07 Å². The van der Waals surface area contributed by atoms with Crippen LogP contribution in [0.2, 0.25) is 0 Å². The fraction of sp³-hybridized carbons (Fsp3) is 0.500. The number of hydrogen-bond acceptors (Lipinski definition) is 2. The van der Waals surface area contributed by atoms with Crippen molar-refractivity contribution in [3.63, 3.8) is 0 Å². The first kappa shape index (κ1) is 12.0. The Morgan fingerprint density at radius 1 is 1.33 bits per heavy atom. The molecule has 0 radical (unpaired) electrons. The second kappa shape index (κ2) is 5.11. The summed E-state index contributed by atoms with van der Waals surface area (Å²) >= 11 is 0. The summed E-state index contributed by atoms with van der Waals surface area (Å²) in [5, 5.41) is 0. The maximum Gasteiger partial charge on any atom is 0.389 e. The zero-order valence-corrected chi connectivity index (χ0v) is 8.17. The van der Waals surface area contributed by atoms with Crippen molar-refractivity contribution in [3.8, 4) is 0 Å². The van der Waals surface area contributed by atoms with Crippen molar-refractivity contribution in [1.29, 1.82) is 0 Å². The van der Waals surface area contributed by atoms with E-state index in [1.807, 2.05) is 0 Å². The summed E-state index contributed by atoms with van der Waals surface area (Å²) < 4.78 is 36.7. The number of rotatable bonds is 4. The molecule has 15 heavy (non-hydrogen) atoms. The summed E-state index contributed by atoms with van der Waals surface area (Å²) in [6.07, 6.45) is -3.23. The summed E-state index contributed by atoms with van der Waals surface area (Å²) in [6.45, 7) is 0.233. The number of nitrogens with two attached hydrogens (primary N) is 1. The van der Waals surface area contributed by atoms with Gasteiger partial charge in [-0.2, -0.15) is 13.2 Å². The lowest BCUT2D eigenvalue weighted by Gasteiger charge is -2.17. The van der Waals surface area contributed by atoms with Crippen molar-refractivity contribution in [2.24, 2.45) is 5.73 Å². The molecule has 0 fully saturated rings. The molecule has 0 saturated carbocycles. The minimum atomic E-state index is -4.17. The molecule has 1 unspecified atom stereocenters. The van der Waals surface area contributed by atoms with Crippen LogP contribution in [0.25, 0.3) is 0 Å². The Bertz CT molecular complexity index is 284. The van der Waals surface area contributed by atoms with Crippen LogP contribution in [0, 0.1) is 0 Å². The molecule has 0 aliphatic heterocycles. The van der Waals surface area contributed by atoms with E-state index in [0.717, 1.165) is 0 Å². The molecule has 2 nitrogen and oxygen atoms in total. The summed E-state index contributed by atoms with van der Waals surface area (Å²) in [7, 11) is 0. The average molecular weight is 218 g/mol. The largest absolute Gasteiger partial charge is 0.389 e. The van der Waals surface area contributed by atoms with Crippen LogP contribution in [0.4, 0.5) is 13.2 Å². The zero-order valence-electron chi connectivity index (χ0n) is 8.17. The fourth-order valence-electron chi connectivity index (χ4n) is 1.45. The summed E-state index contributed by atoms with van der Waals surface area (Å²) in [5.74, 6) is -0.629. The molecule has 0 aromatic carbocycles. The number of aromatic nitrogens is 1. The Labute approximate surface area is 86.3 Å². The monoisotopic (exact) mass is 218 g/mol. The van der Waals surface area contributed by atoms with Crippen LogP contribution in [-0.2, 0) is 0 Å². The van der Waals surface area contributed by atoms with Gasteiger partial charge >= 0.3 is 6.18 Å². The van der Waals surface area contributed by atoms with Gasteiger partial charge in [-0.3, -0.25) is 4.98 Å². The highest BCUT2D eigenvalue weighted by atomic mass is 19.4. The number of pyridine rings is 1. The Morgan fingerprint density at radius 2 is 2.07 bits per heavy atom. The summed E-state index contributed by atoms with van der Waals surface area (Å²) in [5.41, 5.74) is 5.75. The third kappa shape index (κ3) is 4.29. The van der Waals surface area contributed by atoms with Gasteiger partial charge in [0, 0.05) is 17.8 Å². The molecular weight excluding hydrogens is 205 g/mol. The normalized spacial score (nSPS) is 13.9. The van der Waals surface area contributed by atoms with Crippen LogP contribution in [0.15, 0.2) is 24.4 Å². The number of halogens is 3. The SMILES string of the molecule is NCCC(CC(F)(F)F)c1ccccn1. The third-order valence-electron chi connectivity index (χ3n) is 2.10. The van der Waals surface area contributed by atoms with Crippen molar-refractivity contribution in [2.75, 3.05) is 6.54 Å². The Morgan fingerprint density at radius 3 is 2.53 bits per heavy atom. The topological polar surface area (TPSA) is 38.9 Å². The fourth-order valence-corrected chi connectivity index (χ4v) is 1.45. The molecule has 2 N–H and O–H groups in total. The van der Waals surface area contributed by atoms with Gasteiger partial charge < -0.3 is 5.73 Å². The van der Waals surface area contributed by atoms with Crippen LogP contribution >= 0.6 is 0 Å². The van der Waals surface area contributed by atoms with E-state index in [1.165, 1.54) is 6.20 Å². The van der Waals surface area contributed by atoms with E-state index in [-0.39, 0.29) is 6.54 Å². The smallest absolute Gasteiger partial charge is 0.330 e. The minimum Gasteiger partial charge on any atom is -0.330 e. The van der Waals surface area contributed by atoms with E-state index >= 15 is 0 Å². The first-order chi connectivity index (χ1) is 7.03. The second-order valence-electron chi connectivity index (χ2n) is 3.35. The molecule has 0 bridgehead atoms. The third-order valence-corrected chi connectivity index (χ3v) is 2.10. The van der Waals surface area contributed by atoms with Crippen molar-refractivity contribution >= 4 is 0 Å². The van der Waals surface area contributed by atoms with Gasteiger partial charge in [-0.05, 0) is 25.1 Å². The van der Waals surface area contributed by atoms with Gasteiger partial charge in [-0.15, -0.1) is 0 Å². The Balaban J connectivity index is 2.75. The molecule has 0 amide bonds. The van der Waals surface area contributed by atoms with Crippen LogP contribution < -0.4 is 5.73 Å². The van der Waals surface area contributed by atoms with Crippen LogP contribution in [0.3, 0.4) is 0 Å². The molecule has 1 heterocycles. The first-order valence-electron chi connectivity index (χ1n) is 4.70. The number of hydrogen-bond donors (Lipinski definition) is 1. The summed E-state index contributed by atoms with van der Waals surface area (Å²) in [6, 6.07) is 4.96. The van der Waals surface area contributed by atoms with Crippen molar-refractivity contribution in [3.05, 3.63) is 30.1 Å². The molecule has 1 rings (SSSR count). The van der Waals surface area contributed by atoms with E-state index < -0.39 is 18.5 Å². The van der Waals surface area contributed by atoms with Gasteiger partial charge in [0.25, 0.3) is 0 Å². The molecule has 5 heteroatoms. The number of alkyl halides is 3. The Kier molecular flexibility index (Phi) is 4.08. The lowest BCUT2D eigenvalue weighted by atomic mass is 9.96. The molecule has 0 spiro atoms. The standard InChI is InChI=1S/C10H13F3N2/c11-10(12,13)7-8(4-5-14)9-3-1-2-6-15-9/h1-3,6,8H,4-5,7,14H2. The molecule has 0 aliphatic carbocycles. The van der Waals surface area contributed by atoms with Crippen molar-refractivity contribution in [2.45, 2.75) is 24.9 Å². The molecule has 0 saturated heterocycles. The van der Waals surface area contributed by atoms with Gasteiger partial charge in [0.1, 0.15) is 0 Å². The predicted octanol–water partition coefficient (Wildman–Crippen LogP) is 2.47. The Hall–Kier alpha value is -1.10. The molecular formula is C10H13F3N2. The van der Waals surface area contributed by atoms with E-state index in [9.17, 15) is 13.2 Å².